The zero-order valence-electron chi connectivity index (χ0n) is 12.3. The number of hydrogen-bond acceptors (Lipinski definition) is 3. The van der Waals surface area contributed by atoms with E-state index in [-0.39, 0.29) is 0 Å². The van der Waals surface area contributed by atoms with Crippen LogP contribution in [0.2, 0.25) is 0 Å². The van der Waals surface area contributed by atoms with Crippen LogP contribution in [-0.2, 0) is 4.74 Å². The van der Waals surface area contributed by atoms with Crippen molar-refractivity contribution in [2.45, 2.75) is 52.5 Å². The van der Waals surface area contributed by atoms with Crippen LogP contribution in [0.4, 0.5) is 0 Å². The van der Waals surface area contributed by atoms with Crippen molar-refractivity contribution in [1.29, 1.82) is 0 Å². The molecule has 17 heavy (non-hydrogen) atoms. The van der Waals surface area contributed by atoms with Gasteiger partial charge in [0.1, 0.15) is 0 Å². The van der Waals surface area contributed by atoms with Crippen molar-refractivity contribution < 1.29 is 4.74 Å². The summed E-state index contributed by atoms with van der Waals surface area (Å²) in [5, 5.41) is 3.45. The van der Waals surface area contributed by atoms with Crippen LogP contribution in [0.3, 0.4) is 0 Å². The molecule has 0 aromatic rings. The number of hydrogen-bond donors (Lipinski definition) is 1. The lowest BCUT2D eigenvalue weighted by Gasteiger charge is -2.26. The molecule has 0 atom stereocenters. The summed E-state index contributed by atoms with van der Waals surface area (Å²) in [4.78, 5) is 2.50. The van der Waals surface area contributed by atoms with Crippen molar-refractivity contribution in [2.24, 2.45) is 0 Å². The molecule has 0 rings (SSSR count). The van der Waals surface area contributed by atoms with Crippen molar-refractivity contribution >= 4 is 0 Å². The first-order valence-electron chi connectivity index (χ1n) is 7.16. The summed E-state index contributed by atoms with van der Waals surface area (Å²) in [6, 6.07) is 0.628. The molecule has 0 heterocycles. The predicted molar refractivity (Wildman–Crippen MR) is 75.6 cm³/mol. The van der Waals surface area contributed by atoms with Gasteiger partial charge in [0.2, 0.25) is 0 Å². The summed E-state index contributed by atoms with van der Waals surface area (Å²) >= 11 is 0. The van der Waals surface area contributed by atoms with Gasteiger partial charge in [-0.15, -0.1) is 0 Å². The van der Waals surface area contributed by atoms with Crippen LogP contribution < -0.4 is 5.32 Å². The molecule has 0 radical (unpaired) electrons. The molecule has 0 aromatic heterocycles. The molecule has 0 unspecified atom stereocenters. The Morgan fingerprint density at radius 3 is 2.41 bits per heavy atom. The summed E-state index contributed by atoms with van der Waals surface area (Å²) in [5.74, 6) is 0. The number of rotatable bonds is 12. The number of nitrogens with one attached hydrogen (secondary N) is 1. The Balaban J connectivity index is 3.41. The second-order valence-corrected chi connectivity index (χ2v) is 4.93. The summed E-state index contributed by atoms with van der Waals surface area (Å²) in [6.07, 6.45) is 5.16. The first kappa shape index (κ1) is 16.9. The van der Waals surface area contributed by atoms with Gasteiger partial charge in [-0.05, 0) is 52.7 Å². The number of nitrogens with zero attached hydrogens (tertiary/aromatic N) is 1. The lowest BCUT2D eigenvalue weighted by Crippen LogP contribution is -2.34. The number of unbranched alkanes of at least 4 members (excludes halogenated alkanes) is 2. The zero-order chi connectivity index (χ0) is 12.9. The molecule has 104 valence electrons. The van der Waals surface area contributed by atoms with Gasteiger partial charge in [-0.2, -0.15) is 0 Å². The number of ether oxygens (including phenoxy) is 1. The third kappa shape index (κ3) is 10.7. The fourth-order valence-corrected chi connectivity index (χ4v) is 1.88. The van der Waals surface area contributed by atoms with E-state index in [2.05, 4.69) is 31.0 Å². The van der Waals surface area contributed by atoms with Gasteiger partial charge in [0.15, 0.2) is 0 Å². The lowest BCUT2D eigenvalue weighted by molar-refractivity contribution is 0.128. The van der Waals surface area contributed by atoms with Crippen LogP contribution >= 0.6 is 0 Å². The normalized spacial score (nSPS) is 11.6. The van der Waals surface area contributed by atoms with Crippen molar-refractivity contribution in [3.05, 3.63) is 0 Å². The summed E-state index contributed by atoms with van der Waals surface area (Å²) < 4.78 is 5.14. The molecule has 0 spiro atoms. The highest BCUT2D eigenvalue weighted by Crippen LogP contribution is 2.03. The molecule has 0 amide bonds. The van der Waals surface area contributed by atoms with E-state index in [1.54, 1.807) is 7.11 Å². The molecule has 0 bridgehead atoms. The highest BCUT2D eigenvalue weighted by atomic mass is 16.5. The summed E-state index contributed by atoms with van der Waals surface area (Å²) in [5.41, 5.74) is 0. The molecule has 0 fully saturated rings. The Kier molecular flexibility index (Phi) is 12.3. The van der Waals surface area contributed by atoms with E-state index >= 15 is 0 Å². The van der Waals surface area contributed by atoms with E-state index in [9.17, 15) is 0 Å². The standard InChI is InChI=1S/C14H32N2O/c1-5-9-15-10-7-6-8-11-16(14(2)3)12-13-17-4/h14-15H,5-13H2,1-4H3. The van der Waals surface area contributed by atoms with E-state index in [0.29, 0.717) is 6.04 Å². The van der Waals surface area contributed by atoms with Crippen LogP contribution in [0.1, 0.15) is 46.5 Å². The number of methoxy groups -OCH3 is 1. The topological polar surface area (TPSA) is 24.5 Å². The van der Waals surface area contributed by atoms with E-state index in [0.717, 1.165) is 19.7 Å². The molecule has 0 aliphatic carbocycles. The van der Waals surface area contributed by atoms with Crippen molar-refractivity contribution in [3.63, 3.8) is 0 Å². The molecule has 3 heteroatoms. The van der Waals surface area contributed by atoms with Gasteiger partial charge in [0.05, 0.1) is 6.61 Å². The van der Waals surface area contributed by atoms with Gasteiger partial charge >= 0.3 is 0 Å². The van der Waals surface area contributed by atoms with Gasteiger partial charge in [0.25, 0.3) is 0 Å². The maximum atomic E-state index is 5.14. The molecule has 0 aliphatic rings. The van der Waals surface area contributed by atoms with Gasteiger partial charge in [0, 0.05) is 19.7 Å². The second kappa shape index (κ2) is 12.3. The Morgan fingerprint density at radius 1 is 1.06 bits per heavy atom. The highest BCUT2D eigenvalue weighted by Gasteiger charge is 2.07. The highest BCUT2D eigenvalue weighted by molar-refractivity contribution is 4.62. The average Bonchev–Trinajstić information content (AvgIpc) is 2.31. The van der Waals surface area contributed by atoms with Gasteiger partial charge in [-0.3, -0.25) is 4.90 Å². The third-order valence-corrected chi connectivity index (χ3v) is 3.04. The summed E-state index contributed by atoms with van der Waals surface area (Å²) in [7, 11) is 1.78. The molecule has 0 saturated heterocycles. The van der Waals surface area contributed by atoms with Crippen molar-refractivity contribution in [1.82, 2.24) is 10.2 Å². The molecule has 3 nitrogen and oxygen atoms in total. The molecule has 0 saturated carbocycles. The van der Waals surface area contributed by atoms with E-state index in [1.807, 2.05) is 0 Å². The Labute approximate surface area is 108 Å². The average molecular weight is 244 g/mol. The third-order valence-electron chi connectivity index (χ3n) is 3.04. The largest absolute Gasteiger partial charge is 0.383 e. The van der Waals surface area contributed by atoms with E-state index in [4.69, 9.17) is 4.74 Å². The minimum Gasteiger partial charge on any atom is -0.383 e. The molecular formula is C14H32N2O. The first-order valence-corrected chi connectivity index (χ1v) is 7.16. The van der Waals surface area contributed by atoms with Crippen LogP contribution in [0.15, 0.2) is 0 Å². The Hall–Kier alpha value is -0.120. The second-order valence-electron chi connectivity index (χ2n) is 4.93. The fraction of sp³-hybridized carbons (Fsp3) is 1.00. The zero-order valence-corrected chi connectivity index (χ0v) is 12.3. The molecular weight excluding hydrogens is 212 g/mol. The summed E-state index contributed by atoms with van der Waals surface area (Å²) in [6.45, 7) is 12.2. The van der Waals surface area contributed by atoms with Crippen LogP contribution in [-0.4, -0.2) is 50.8 Å². The molecule has 0 aliphatic heterocycles. The minimum absolute atomic E-state index is 0.628. The van der Waals surface area contributed by atoms with Gasteiger partial charge in [-0.25, -0.2) is 0 Å². The Morgan fingerprint density at radius 2 is 1.82 bits per heavy atom. The van der Waals surface area contributed by atoms with Crippen molar-refractivity contribution in [3.8, 4) is 0 Å². The molecule has 1 N–H and O–H groups in total. The quantitative estimate of drug-likeness (QED) is 0.534. The van der Waals surface area contributed by atoms with Gasteiger partial charge in [-0.1, -0.05) is 13.3 Å². The Bertz CT molecular complexity index is 151. The predicted octanol–water partition coefficient (Wildman–Crippen LogP) is 2.51. The SMILES string of the molecule is CCCNCCCCCN(CCOC)C(C)C. The van der Waals surface area contributed by atoms with Crippen LogP contribution in [0.5, 0.6) is 0 Å². The van der Waals surface area contributed by atoms with Crippen molar-refractivity contribution in [2.75, 3.05) is 39.9 Å². The van der Waals surface area contributed by atoms with E-state index < -0.39 is 0 Å². The smallest absolute Gasteiger partial charge is 0.0589 e. The lowest BCUT2D eigenvalue weighted by atomic mass is 10.2. The van der Waals surface area contributed by atoms with E-state index in [1.165, 1.54) is 38.8 Å². The fourth-order valence-electron chi connectivity index (χ4n) is 1.88. The first-order chi connectivity index (χ1) is 8.22. The minimum atomic E-state index is 0.628. The van der Waals surface area contributed by atoms with Gasteiger partial charge < -0.3 is 10.1 Å². The monoisotopic (exact) mass is 244 g/mol. The van der Waals surface area contributed by atoms with Crippen LogP contribution in [0.25, 0.3) is 0 Å². The maximum absolute atomic E-state index is 5.14. The maximum Gasteiger partial charge on any atom is 0.0589 e. The molecule has 0 aromatic carbocycles. The van der Waals surface area contributed by atoms with Crippen LogP contribution in [0, 0.1) is 0 Å².